The second kappa shape index (κ2) is 5.30. The summed E-state index contributed by atoms with van der Waals surface area (Å²) in [5, 5.41) is -0.209. The Morgan fingerprint density at radius 1 is 1.06 bits per heavy atom. The van der Waals surface area contributed by atoms with Gasteiger partial charge in [0.15, 0.2) is 11.6 Å². The smallest absolute Gasteiger partial charge is 0.250 e. The van der Waals surface area contributed by atoms with Crippen LogP contribution in [0.5, 0.6) is 5.75 Å². The Bertz CT molecular complexity index is 560. The molecule has 0 amide bonds. The minimum absolute atomic E-state index is 0.209. The van der Waals surface area contributed by atoms with Gasteiger partial charge >= 0.3 is 0 Å². The minimum Gasteiger partial charge on any atom is -0.497 e. The highest BCUT2D eigenvalue weighted by Crippen LogP contribution is 2.30. The molecule has 0 aliphatic heterocycles. The second-order valence-corrected chi connectivity index (χ2v) is 4.39. The number of hydrogen-bond donors (Lipinski definition) is 0. The topological polar surface area (TPSA) is 22.1 Å². The molecule has 0 fully saturated rings. The van der Waals surface area contributed by atoms with E-state index in [0.29, 0.717) is 16.7 Å². The summed E-state index contributed by atoms with van der Waals surface area (Å²) in [6, 6.07) is 7.19. The number of benzene rings is 1. The van der Waals surface area contributed by atoms with Crippen molar-refractivity contribution in [2.75, 3.05) is 7.11 Å². The average Bonchev–Trinajstić information content (AvgIpc) is 2.37. The Morgan fingerprint density at radius 3 is 2.33 bits per heavy atom. The average molecular weight is 271 g/mol. The first-order valence-corrected chi connectivity index (χ1v) is 5.75. The molecule has 0 N–H and O–H groups in total. The van der Waals surface area contributed by atoms with Gasteiger partial charge in [-0.15, -0.1) is 0 Å². The van der Waals surface area contributed by atoms with Crippen molar-refractivity contribution < 1.29 is 17.9 Å². The van der Waals surface area contributed by atoms with E-state index in [1.165, 1.54) is 7.11 Å². The van der Waals surface area contributed by atoms with Crippen LogP contribution >= 0.6 is 11.8 Å². The van der Waals surface area contributed by atoms with Crippen molar-refractivity contribution in [2.45, 2.75) is 9.92 Å². The molecule has 18 heavy (non-hydrogen) atoms. The molecular weight excluding hydrogens is 263 g/mol. The zero-order valence-electron chi connectivity index (χ0n) is 9.28. The first-order chi connectivity index (χ1) is 8.60. The lowest BCUT2D eigenvalue weighted by molar-refractivity contribution is 0.414. The molecule has 0 atom stereocenters. The molecule has 1 aromatic carbocycles. The summed E-state index contributed by atoms with van der Waals surface area (Å²) >= 11 is 0.908. The van der Waals surface area contributed by atoms with E-state index in [9.17, 15) is 13.2 Å². The third kappa shape index (κ3) is 2.76. The monoisotopic (exact) mass is 271 g/mol. The van der Waals surface area contributed by atoms with Gasteiger partial charge in [-0.1, -0.05) is 11.8 Å². The van der Waals surface area contributed by atoms with Gasteiger partial charge in [0.05, 0.1) is 7.11 Å². The van der Waals surface area contributed by atoms with Crippen molar-refractivity contribution in [1.29, 1.82) is 0 Å². The summed E-state index contributed by atoms with van der Waals surface area (Å²) < 4.78 is 43.9. The molecule has 6 heteroatoms. The van der Waals surface area contributed by atoms with Crippen molar-refractivity contribution in [2.24, 2.45) is 0 Å². The van der Waals surface area contributed by atoms with E-state index in [1.807, 2.05) is 0 Å². The van der Waals surface area contributed by atoms with Gasteiger partial charge in [-0.3, -0.25) is 0 Å². The van der Waals surface area contributed by atoms with Gasteiger partial charge in [0.2, 0.25) is 5.95 Å². The molecular formula is C12H8F3NOS. The summed E-state index contributed by atoms with van der Waals surface area (Å²) in [5.41, 5.74) is 0. The largest absolute Gasteiger partial charge is 0.497 e. The standard InChI is InChI=1S/C12H8F3NOS/c1-17-7-2-4-8(5-3-7)18-12-10(14)6-9(13)11(15)16-12/h2-6H,1H3. The van der Waals surface area contributed by atoms with Crippen molar-refractivity contribution >= 4 is 11.8 Å². The van der Waals surface area contributed by atoms with Crippen molar-refractivity contribution in [3.05, 3.63) is 47.9 Å². The van der Waals surface area contributed by atoms with Crippen LogP contribution in [0.3, 0.4) is 0 Å². The summed E-state index contributed by atoms with van der Waals surface area (Å²) in [6.07, 6.45) is 0. The zero-order valence-corrected chi connectivity index (χ0v) is 10.1. The third-order valence-electron chi connectivity index (χ3n) is 2.13. The molecule has 0 aliphatic rings. The number of hydrogen-bond acceptors (Lipinski definition) is 3. The summed E-state index contributed by atoms with van der Waals surface area (Å²) in [4.78, 5) is 3.87. The van der Waals surface area contributed by atoms with Crippen LogP contribution in [0.25, 0.3) is 0 Å². The number of aromatic nitrogens is 1. The molecule has 0 unspecified atom stereocenters. The highest BCUT2D eigenvalue weighted by molar-refractivity contribution is 7.99. The fraction of sp³-hybridized carbons (Fsp3) is 0.0833. The van der Waals surface area contributed by atoms with E-state index in [4.69, 9.17) is 4.74 Å². The van der Waals surface area contributed by atoms with Gasteiger partial charge < -0.3 is 4.74 Å². The van der Waals surface area contributed by atoms with E-state index in [1.54, 1.807) is 24.3 Å². The fourth-order valence-corrected chi connectivity index (χ4v) is 2.03. The number of ether oxygens (including phenoxy) is 1. The van der Waals surface area contributed by atoms with Gasteiger partial charge in [-0.2, -0.15) is 4.39 Å². The maximum absolute atomic E-state index is 13.3. The van der Waals surface area contributed by atoms with Gasteiger partial charge in [-0.25, -0.2) is 13.8 Å². The van der Waals surface area contributed by atoms with Crippen LogP contribution in [0, 0.1) is 17.6 Å². The summed E-state index contributed by atoms with van der Waals surface area (Å²) in [7, 11) is 1.53. The lowest BCUT2D eigenvalue weighted by Gasteiger charge is -2.04. The zero-order chi connectivity index (χ0) is 13.1. The van der Waals surface area contributed by atoms with Crippen LogP contribution in [0.1, 0.15) is 0 Å². The first-order valence-electron chi connectivity index (χ1n) is 4.93. The van der Waals surface area contributed by atoms with Gasteiger partial charge in [0.25, 0.3) is 0 Å². The molecule has 0 saturated heterocycles. The molecule has 2 rings (SSSR count). The molecule has 0 radical (unpaired) electrons. The quantitative estimate of drug-likeness (QED) is 0.795. The molecule has 1 heterocycles. The molecule has 2 aromatic rings. The lowest BCUT2D eigenvalue weighted by Crippen LogP contribution is -1.95. The maximum Gasteiger partial charge on any atom is 0.250 e. The molecule has 0 bridgehead atoms. The van der Waals surface area contributed by atoms with E-state index >= 15 is 0 Å². The van der Waals surface area contributed by atoms with Gasteiger partial charge in [0, 0.05) is 11.0 Å². The van der Waals surface area contributed by atoms with Crippen molar-refractivity contribution in [1.82, 2.24) is 4.98 Å². The van der Waals surface area contributed by atoms with Crippen LogP contribution < -0.4 is 4.74 Å². The SMILES string of the molecule is COc1ccc(Sc2nc(F)c(F)cc2F)cc1. The number of rotatable bonds is 3. The number of methoxy groups -OCH3 is 1. The Morgan fingerprint density at radius 2 is 1.72 bits per heavy atom. The summed E-state index contributed by atoms with van der Waals surface area (Å²) in [5.74, 6) is -2.85. The fourth-order valence-electron chi connectivity index (χ4n) is 1.26. The molecule has 0 saturated carbocycles. The second-order valence-electron chi connectivity index (χ2n) is 3.33. The first kappa shape index (κ1) is 12.8. The Kier molecular flexibility index (Phi) is 3.76. The molecule has 0 aliphatic carbocycles. The maximum atomic E-state index is 13.3. The molecule has 0 spiro atoms. The van der Waals surface area contributed by atoms with Crippen LogP contribution in [0.15, 0.2) is 40.3 Å². The lowest BCUT2D eigenvalue weighted by atomic mass is 10.3. The Balaban J connectivity index is 2.25. The van der Waals surface area contributed by atoms with Crippen LogP contribution in [0.2, 0.25) is 0 Å². The van der Waals surface area contributed by atoms with E-state index in [2.05, 4.69) is 4.98 Å². The molecule has 94 valence electrons. The number of halogens is 3. The van der Waals surface area contributed by atoms with Crippen LogP contribution in [-0.4, -0.2) is 12.1 Å². The number of nitrogens with zero attached hydrogens (tertiary/aromatic N) is 1. The minimum atomic E-state index is -1.31. The Hall–Kier alpha value is -1.69. The van der Waals surface area contributed by atoms with Crippen molar-refractivity contribution in [3.8, 4) is 5.75 Å². The predicted molar refractivity (Wildman–Crippen MR) is 61.2 cm³/mol. The Labute approximate surface area is 106 Å². The number of pyridine rings is 1. The van der Waals surface area contributed by atoms with E-state index in [-0.39, 0.29) is 5.03 Å². The normalized spacial score (nSPS) is 10.4. The van der Waals surface area contributed by atoms with E-state index < -0.39 is 17.6 Å². The van der Waals surface area contributed by atoms with E-state index in [0.717, 1.165) is 11.8 Å². The van der Waals surface area contributed by atoms with Crippen LogP contribution in [0.4, 0.5) is 13.2 Å². The third-order valence-corrected chi connectivity index (χ3v) is 3.12. The van der Waals surface area contributed by atoms with Crippen molar-refractivity contribution in [3.63, 3.8) is 0 Å². The van der Waals surface area contributed by atoms with Gasteiger partial charge in [-0.05, 0) is 24.3 Å². The van der Waals surface area contributed by atoms with Crippen LogP contribution in [-0.2, 0) is 0 Å². The van der Waals surface area contributed by atoms with Gasteiger partial charge in [0.1, 0.15) is 10.8 Å². The highest BCUT2D eigenvalue weighted by atomic mass is 32.2. The molecule has 2 nitrogen and oxygen atoms in total. The highest BCUT2D eigenvalue weighted by Gasteiger charge is 2.12. The summed E-state index contributed by atoms with van der Waals surface area (Å²) in [6.45, 7) is 0. The molecule has 1 aromatic heterocycles. The predicted octanol–water partition coefficient (Wildman–Crippen LogP) is 3.66.